The molecule has 0 saturated heterocycles. The number of hydrogen-bond donors (Lipinski definition) is 2. The van der Waals surface area contributed by atoms with Crippen LogP contribution in [0.4, 0.5) is 0 Å². The Morgan fingerprint density at radius 1 is 1.42 bits per heavy atom. The lowest BCUT2D eigenvalue weighted by Crippen LogP contribution is -2.33. The molecule has 0 aliphatic heterocycles. The third-order valence-corrected chi connectivity index (χ3v) is 3.56. The van der Waals surface area contributed by atoms with E-state index in [0.717, 1.165) is 22.2 Å². The molecule has 5 heteroatoms. The van der Waals surface area contributed by atoms with E-state index in [0.29, 0.717) is 12.5 Å². The first kappa shape index (κ1) is 14.5. The minimum Gasteiger partial charge on any atom is -0.395 e. The van der Waals surface area contributed by atoms with Crippen LogP contribution in [0.5, 0.6) is 0 Å². The van der Waals surface area contributed by atoms with Gasteiger partial charge in [0.15, 0.2) is 0 Å². The van der Waals surface area contributed by atoms with Crippen LogP contribution in [0.1, 0.15) is 26.0 Å². The van der Waals surface area contributed by atoms with Crippen LogP contribution >= 0.6 is 15.9 Å². The van der Waals surface area contributed by atoms with Gasteiger partial charge in [-0.25, -0.2) is 4.98 Å². The third-order valence-electron chi connectivity index (χ3n) is 3.09. The summed E-state index contributed by atoms with van der Waals surface area (Å²) in [6.45, 7) is 5.19. The fourth-order valence-corrected chi connectivity index (χ4v) is 2.51. The summed E-state index contributed by atoms with van der Waals surface area (Å²) >= 11 is 3.47. The zero-order valence-electron chi connectivity index (χ0n) is 11.3. The van der Waals surface area contributed by atoms with Gasteiger partial charge in [-0.3, -0.25) is 0 Å². The number of rotatable bonds is 6. The molecule has 104 valence electrons. The predicted molar refractivity (Wildman–Crippen MR) is 80.1 cm³/mol. The Kier molecular flexibility index (Phi) is 4.96. The van der Waals surface area contributed by atoms with Gasteiger partial charge in [0.2, 0.25) is 0 Å². The molecule has 0 spiro atoms. The van der Waals surface area contributed by atoms with Crippen LogP contribution < -0.4 is 5.32 Å². The quantitative estimate of drug-likeness (QED) is 0.858. The maximum absolute atomic E-state index is 9.37. The van der Waals surface area contributed by atoms with Crippen molar-refractivity contribution in [2.45, 2.75) is 32.9 Å². The van der Waals surface area contributed by atoms with Crippen LogP contribution in [0.2, 0.25) is 0 Å². The number of halogens is 1. The van der Waals surface area contributed by atoms with E-state index < -0.39 is 0 Å². The van der Waals surface area contributed by atoms with Crippen LogP contribution in [0.3, 0.4) is 0 Å². The Morgan fingerprint density at radius 3 is 2.89 bits per heavy atom. The molecular formula is C14H20BrN3O. The molecule has 2 rings (SSSR count). The largest absolute Gasteiger partial charge is 0.395 e. The molecule has 2 N–H and O–H groups in total. The number of pyridine rings is 1. The predicted octanol–water partition coefficient (Wildman–Crippen LogP) is 2.59. The second kappa shape index (κ2) is 6.50. The number of hydrogen-bond acceptors (Lipinski definition) is 3. The van der Waals surface area contributed by atoms with Gasteiger partial charge in [0.05, 0.1) is 18.5 Å². The molecule has 0 aliphatic rings. The number of nitrogens with one attached hydrogen (secondary N) is 1. The Hall–Kier alpha value is -0.910. The normalized spacial score (nSPS) is 13.3. The lowest BCUT2D eigenvalue weighted by atomic mass is 10.0. The highest BCUT2D eigenvalue weighted by Gasteiger charge is 2.10. The fraction of sp³-hybridized carbons (Fsp3) is 0.500. The number of aliphatic hydroxyl groups is 1. The molecule has 0 radical (unpaired) electrons. The first-order valence-electron chi connectivity index (χ1n) is 6.56. The lowest BCUT2D eigenvalue weighted by molar-refractivity contribution is 0.223. The van der Waals surface area contributed by atoms with Crippen molar-refractivity contribution in [3.05, 3.63) is 34.7 Å². The van der Waals surface area contributed by atoms with E-state index in [1.54, 1.807) is 0 Å². The second-order valence-electron chi connectivity index (χ2n) is 5.22. The molecule has 2 heterocycles. The lowest BCUT2D eigenvalue weighted by Gasteiger charge is -2.18. The van der Waals surface area contributed by atoms with E-state index in [9.17, 15) is 5.11 Å². The fourth-order valence-electron chi connectivity index (χ4n) is 2.18. The van der Waals surface area contributed by atoms with Gasteiger partial charge in [-0.15, -0.1) is 0 Å². The molecule has 0 amide bonds. The summed E-state index contributed by atoms with van der Waals surface area (Å²) in [7, 11) is 0. The average molecular weight is 326 g/mol. The number of aliphatic hydroxyl groups excluding tert-OH is 1. The molecular weight excluding hydrogens is 306 g/mol. The van der Waals surface area contributed by atoms with E-state index in [1.165, 1.54) is 0 Å². The number of aromatic nitrogens is 2. The van der Waals surface area contributed by atoms with E-state index in [1.807, 2.05) is 24.5 Å². The Balaban J connectivity index is 2.06. The minimum absolute atomic E-state index is 0.137. The summed E-state index contributed by atoms with van der Waals surface area (Å²) in [6.07, 6.45) is 4.85. The van der Waals surface area contributed by atoms with Gasteiger partial charge in [0.25, 0.3) is 0 Å². The summed E-state index contributed by atoms with van der Waals surface area (Å²) in [4.78, 5) is 4.36. The molecule has 0 bridgehead atoms. The zero-order chi connectivity index (χ0) is 13.8. The van der Waals surface area contributed by atoms with Gasteiger partial charge in [0.1, 0.15) is 5.65 Å². The molecule has 0 aromatic carbocycles. The highest BCUT2D eigenvalue weighted by atomic mass is 79.9. The van der Waals surface area contributed by atoms with Crippen molar-refractivity contribution >= 4 is 21.6 Å². The Bertz CT molecular complexity index is 538. The average Bonchev–Trinajstić information content (AvgIpc) is 2.76. The highest BCUT2D eigenvalue weighted by molar-refractivity contribution is 9.10. The standard InChI is InChI=1S/C14H20BrN3O/c1-10(2)5-12(9-19)16-6-13-7-17-14-4-3-11(15)8-18(13)14/h3-4,7-8,10,12,16,19H,5-6,9H2,1-2H3. The number of fused-ring (bicyclic) bond motifs is 1. The van der Waals surface area contributed by atoms with Crippen LogP contribution in [0.15, 0.2) is 29.0 Å². The number of imidazole rings is 1. The van der Waals surface area contributed by atoms with Crippen molar-refractivity contribution in [1.29, 1.82) is 0 Å². The number of nitrogens with zero attached hydrogens (tertiary/aromatic N) is 2. The smallest absolute Gasteiger partial charge is 0.136 e. The molecule has 0 aliphatic carbocycles. The maximum Gasteiger partial charge on any atom is 0.136 e. The first-order chi connectivity index (χ1) is 9.10. The molecule has 0 fully saturated rings. The van der Waals surface area contributed by atoms with Crippen LogP contribution in [-0.2, 0) is 6.54 Å². The van der Waals surface area contributed by atoms with Crippen molar-refractivity contribution in [3.8, 4) is 0 Å². The molecule has 2 aromatic rings. The molecule has 1 atom stereocenters. The topological polar surface area (TPSA) is 49.6 Å². The van der Waals surface area contributed by atoms with Crippen LogP contribution in [0.25, 0.3) is 5.65 Å². The highest BCUT2D eigenvalue weighted by Crippen LogP contribution is 2.14. The van der Waals surface area contributed by atoms with E-state index in [-0.39, 0.29) is 12.6 Å². The molecule has 0 saturated carbocycles. The molecule has 1 unspecified atom stereocenters. The zero-order valence-corrected chi connectivity index (χ0v) is 12.9. The molecule has 2 aromatic heterocycles. The monoisotopic (exact) mass is 325 g/mol. The SMILES string of the molecule is CC(C)CC(CO)NCc1cnc2ccc(Br)cn12. The molecule has 4 nitrogen and oxygen atoms in total. The Morgan fingerprint density at radius 2 is 2.21 bits per heavy atom. The van der Waals surface area contributed by atoms with Crippen LogP contribution in [-0.4, -0.2) is 27.1 Å². The van der Waals surface area contributed by atoms with Gasteiger partial charge in [0, 0.05) is 23.3 Å². The Labute approximate surface area is 122 Å². The summed E-state index contributed by atoms with van der Waals surface area (Å²) in [6, 6.07) is 4.10. The summed E-state index contributed by atoms with van der Waals surface area (Å²) in [5.74, 6) is 0.570. The van der Waals surface area contributed by atoms with Gasteiger partial charge >= 0.3 is 0 Å². The summed E-state index contributed by atoms with van der Waals surface area (Å²) in [5.41, 5.74) is 2.03. The maximum atomic E-state index is 9.37. The van der Waals surface area contributed by atoms with Crippen molar-refractivity contribution < 1.29 is 5.11 Å². The van der Waals surface area contributed by atoms with E-state index in [2.05, 4.69) is 44.5 Å². The second-order valence-corrected chi connectivity index (χ2v) is 6.13. The van der Waals surface area contributed by atoms with Gasteiger partial charge in [-0.2, -0.15) is 0 Å². The van der Waals surface area contributed by atoms with Crippen molar-refractivity contribution in [2.75, 3.05) is 6.61 Å². The van der Waals surface area contributed by atoms with Crippen molar-refractivity contribution in [1.82, 2.24) is 14.7 Å². The van der Waals surface area contributed by atoms with E-state index >= 15 is 0 Å². The minimum atomic E-state index is 0.137. The summed E-state index contributed by atoms with van der Waals surface area (Å²) < 4.78 is 3.08. The summed E-state index contributed by atoms with van der Waals surface area (Å²) in [5, 5.41) is 12.8. The third kappa shape index (κ3) is 3.78. The van der Waals surface area contributed by atoms with Gasteiger partial charge in [-0.1, -0.05) is 13.8 Å². The first-order valence-corrected chi connectivity index (χ1v) is 7.35. The van der Waals surface area contributed by atoms with E-state index in [4.69, 9.17) is 0 Å². The van der Waals surface area contributed by atoms with Gasteiger partial charge < -0.3 is 14.8 Å². The van der Waals surface area contributed by atoms with Crippen molar-refractivity contribution in [3.63, 3.8) is 0 Å². The molecule has 19 heavy (non-hydrogen) atoms. The van der Waals surface area contributed by atoms with Crippen molar-refractivity contribution in [2.24, 2.45) is 5.92 Å². The van der Waals surface area contributed by atoms with Gasteiger partial charge in [-0.05, 0) is 40.4 Å². The van der Waals surface area contributed by atoms with Crippen LogP contribution in [0, 0.1) is 5.92 Å².